The van der Waals surface area contributed by atoms with Crippen molar-refractivity contribution >= 4 is 17.6 Å². The SMILES string of the molecule is COc1cccc(NC(=O)COc2ccc(C(=O)OCCOc3ccccc3F)cc2)c1. The third-order valence-corrected chi connectivity index (χ3v) is 4.22. The van der Waals surface area contributed by atoms with E-state index in [1.54, 1.807) is 55.6 Å². The first-order valence-electron chi connectivity index (χ1n) is 9.76. The molecule has 0 spiro atoms. The fraction of sp³-hybridized carbons (Fsp3) is 0.167. The number of hydrogen-bond donors (Lipinski definition) is 1. The van der Waals surface area contributed by atoms with Crippen molar-refractivity contribution in [3.8, 4) is 17.2 Å². The number of amides is 1. The third kappa shape index (κ3) is 6.73. The fourth-order valence-corrected chi connectivity index (χ4v) is 2.67. The molecular formula is C24H22FNO6. The maximum atomic E-state index is 13.5. The van der Waals surface area contributed by atoms with Crippen LogP contribution in [0.2, 0.25) is 0 Å². The zero-order valence-electron chi connectivity index (χ0n) is 17.4. The second kappa shape index (κ2) is 11.4. The topological polar surface area (TPSA) is 83.1 Å². The predicted molar refractivity (Wildman–Crippen MR) is 116 cm³/mol. The van der Waals surface area contributed by atoms with Crippen LogP contribution in [0.1, 0.15) is 10.4 Å². The summed E-state index contributed by atoms with van der Waals surface area (Å²) in [5.41, 5.74) is 0.902. The van der Waals surface area contributed by atoms with Crippen molar-refractivity contribution in [1.29, 1.82) is 0 Å². The Bertz CT molecular complexity index is 1050. The molecule has 0 saturated heterocycles. The molecular weight excluding hydrogens is 417 g/mol. The molecule has 8 heteroatoms. The fourth-order valence-electron chi connectivity index (χ4n) is 2.67. The first-order chi connectivity index (χ1) is 15.5. The molecule has 3 aromatic carbocycles. The molecule has 166 valence electrons. The summed E-state index contributed by atoms with van der Waals surface area (Å²) >= 11 is 0. The van der Waals surface area contributed by atoms with E-state index in [9.17, 15) is 14.0 Å². The minimum atomic E-state index is -0.551. The van der Waals surface area contributed by atoms with Gasteiger partial charge in [-0.2, -0.15) is 0 Å². The molecule has 0 aliphatic heterocycles. The summed E-state index contributed by atoms with van der Waals surface area (Å²) in [6, 6.07) is 19.1. The maximum absolute atomic E-state index is 13.5. The molecule has 0 heterocycles. The maximum Gasteiger partial charge on any atom is 0.338 e. The molecule has 32 heavy (non-hydrogen) atoms. The number of esters is 1. The van der Waals surface area contributed by atoms with Crippen molar-refractivity contribution in [3.63, 3.8) is 0 Å². The van der Waals surface area contributed by atoms with Crippen LogP contribution in [0.25, 0.3) is 0 Å². The largest absolute Gasteiger partial charge is 0.497 e. The quantitative estimate of drug-likeness (QED) is 0.379. The number of anilines is 1. The lowest BCUT2D eigenvalue weighted by molar-refractivity contribution is -0.118. The number of carbonyl (C=O) groups excluding carboxylic acids is 2. The second-order valence-electron chi connectivity index (χ2n) is 6.51. The van der Waals surface area contributed by atoms with Gasteiger partial charge in [-0.3, -0.25) is 4.79 Å². The summed E-state index contributed by atoms with van der Waals surface area (Å²) < 4.78 is 34.4. The number of benzene rings is 3. The summed E-state index contributed by atoms with van der Waals surface area (Å²) in [7, 11) is 1.54. The van der Waals surface area contributed by atoms with Crippen molar-refractivity contribution in [2.75, 3.05) is 32.2 Å². The van der Waals surface area contributed by atoms with E-state index in [1.165, 1.54) is 24.3 Å². The van der Waals surface area contributed by atoms with Gasteiger partial charge in [-0.15, -0.1) is 0 Å². The number of ether oxygens (including phenoxy) is 4. The average molecular weight is 439 g/mol. The first kappa shape index (κ1) is 22.6. The number of carbonyl (C=O) groups is 2. The van der Waals surface area contributed by atoms with Crippen molar-refractivity contribution in [2.24, 2.45) is 0 Å². The van der Waals surface area contributed by atoms with Gasteiger partial charge in [0.2, 0.25) is 0 Å². The highest BCUT2D eigenvalue weighted by Crippen LogP contribution is 2.18. The molecule has 1 N–H and O–H groups in total. The number of rotatable bonds is 10. The van der Waals surface area contributed by atoms with Gasteiger partial charge < -0.3 is 24.3 Å². The van der Waals surface area contributed by atoms with Gasteiger partial charge in [0.15, 0.2) is 18.2 Å². The van der Waals surface area contributed by atoms with Gasteiger partial charge in [-0.05, 0) is 48.5 Å². The minimum absolute atomic E-state index is 0.0241. The highest BCUT2D eigenvalue weighted by Gasteiger charge is 2.09. The Hall–Kier alpha value is -4.07. The lowest BCUT2D eigenvalue weighted by atomic mass is 10.2. The summed E-state index contributed by atoms with van der Waals surface area (Å²) in [6.45, 7) is -0.208. The number of methoxy groups -OCH3 is 1. The highest BCUT2D eigenvalue weighted by molar-refractivity contribution is 5.92. The standard InChI is InChI=1S/C24H22FNO6/c1-29-20-6-4-5-18(15-20)26-23(27)16-32-19-11-9-17(10-12-19)24(28)31-14-13-30-22-8-3-2-7-21(22)25/h2-12,15H,13-14,16H2,1H3,(H,26,27). The Morgan fingerprint density at radius 3 is 2.41 bits per heavy atom. The molecule has 0 atom stereocenters. The molecule has 0 aliphatic carbocycles. The van der Waals surface area contributed by atoms with Crippen LogP contribution in [-0.2, 0) is 9.53 Å². The van der Waals surface area contributed by atoms with Crippen molar-refractivity contribution in [3.05, 3.63) is 84.2 Å². The van der Waals surface area contributed by atoms with Crippen LogP contribution in [0.3, 0.4) is 0 Å². The lowest BCUT2D eigenvalue weighted by Gasteiger charge is -2.10. The van der Waals surface area contributed by atoms with Crippen LogP contribution in [0.5, 0.6) is 17.2 Å². The van der Waals surface area contributed by atoms with E-state index in [2.05, 4.69) is 5.32 Å². The smallest absolute Gasteiger partial charge is 0.338 e. The van der Waals surface area contributed by atoms with Crippen LogP contribution < -0.4 is 19.5 Å². The molecule has 0 aromatic heterocycles. The van der Waals surface area contributed by atoms with Crippen molar-refractivity contribution < 1.29 is 32.9 Å². The molecule has 3 aromatic rings. The van der Waals surface area contributed by atoms with Crippen LogP contribution >= 0.6 is 0 Å². The van der Waals surface area contributed by atoms with Gasteiger partial charge in [0, 0.05) is 11.8 Å². The molecule has 0 fully saturated rings. The van der Waals surface area contributed by atoms with E-state index in [0.29, 0.717) is 22.7 Å². The van der Waals surface area contributed by atoms with E-state index < -0.39 is 11.8 Å². The van der Waals surface area contributed by atoms with Crippen LogP contribution in [0.4, 0.5) is 10.1 Å². The van der Waals surface area contributed by atoms with Gasteiger partial charge in [0.25, 0.3) is 5.91 Å². The lowest BCUT2D eigenvalue weighted by Crippen LogP contribution is -2.20. The zero-order chi connectivity index (χ0) is 22.8. The monoisotopic (exact) mass is 439 g/mol. The second-order valence-corrected chi connectivity index (χ2v) is 6.51. The van der Waals surface area contributed by atoms with Gasteiger partial charge in [-0.25, -0.2) is 9.18 Å². The number of nitrogens with one attached hydrogen (secondary N) is 1. The van der Waals surface area contributed by atoms with E-state index >= 15 is 0 Å². The first-order valence-corrected chi connectivity index (χ1v) is 9.76. The van der Waals surface area contributed by atoms with E-state index in [0.717, 1.165) is 0 Å². The molecule has 0 bridgehead atoms. The molecule has 0 saturated carbocycles. The summed E-state index contributed by atoms with van der Waals surface area (Å²) in [5.74, 6) is -0.219. The third-order valence-electron chi connectivity index (χ3n) is 4.22. The van der Waals surface area contributed by atoms with E-state index in [-0.39, 0.29) is 31.5 Å². The summed E-state index contributed by atoms with van der Waals surface area (Å²) in [4.78, 5) is 24.1. The number of halogens is 1. The Kier molecular flexibility index (Phi) is 8.02. The molecule has 3 rings (SSSR count). The van der Waals surface area contributed by atoms with Gasteiger partial charge >= 0.3 is 5.97 Å². The van der Waals surface area contributed by atoms with Gasteiger partial charge in [0.05, 0.1) is 12.7 Å². The van der Waals surface area contributed by atoms with Crippen molar-refractivity contribution in [1.82, 2.24) is 0 Å². The summed E-state index contributed by atoms with van der Waals surface area (Å²) in [6.07, 6.45) is 0. The van der Waals surface area contributed by atoms with Crippen molar-refractivity contribution in [2.45, 2.75) is 0 Å². The molecule has 0 radical (unpaired) electrons. The molecule has 0 unspecified atom stereocenters. The van der Waals surface area contributed by atoms with Crippen LogP contribution in [0, 0.1) is 5.82 Å². The number of para-hydroxylation sites is 1. The summed E-state index contributed by atoms with van der Waals surface area (Å²) in [5, 5.41) is 2.71. The average Bonchev–Trinajstić information content (AvgIpc) is 2.82. The predicted octanol–water partition coefficient (Wildman–Crippen LogP) is 4.09. The Morgan fingerprint density at radius 1 is 0.875 bits per heavy atom. The Balaban J connectivity index is 1.40. The molecule has 7 nitrogen and oxygen atoms in total. The Morgan fingerprint density at radius 2 is 1.66 bits per heavy atom. The zero-order valence-corrected chi connectivity index (χ0v) is 17.4. The van der Waals surface area contributed by atoms with E-state index in [4.69, 9.17) is 18.9 Å². The highest BCUT2D eigenvalue weighted by atomic mass is 19.1. The molecule has 0 aliphatic rings. The normalized spacial score (nSPS) is 10.2. The minimum Gasteiger partial charge on any atom is -0.497 e. The van der Waals surface area contributed by atoms with Gasteiger partial charge in [-0.1, -0.05) is 18.2 Å². The number of hydrogen-bond acceptors (Lipinski definition) is 6. The van der Waals surface area contributed by atoms with E-state index in [1.807, 2.05) is 0 Å². The van der Waals surface area contributed by atoms with Crippen LogP contribution in [0.15, 0.2) is 72.8 Å². The molecule has 1 amide bonds. The van der Waals surface area contributed by atoms with Crippen LogP contribution in [-0.4, -0.2) is 38.8 Å². The van der Waals surface area contributed by atoms with Gasteiger partial charge in [0.1, 0.15) is 24.7 Å². The Labute approximate surface area is 184 Å².